The predicted octanol–water partition coefficient (Wildman–Crippen LogP) is 0.609. The van der Waals surface area contributed by atoms with E-state index >= 15 is 0 Å². The van der Waals surface area contributed by atoms with E-state index in [1.165, 1.54) is 0 Å². The molecule has 0 aliphatic heterocycles. The van der Waals surface area contributed by atoms with Crippen LogP contribution >= 0.6 is 0 Å². The van der Waals surface area contributed by atoms with Crippen molar-refractivity contribution in [2.75, 3.05) is 26.8 Å². The Morgan fingerprint density at radius 3 is 2.67 bits per heavy atom. The van der Waals surface area contributed by atoms with Crippen LogP contribution < -0.4 is 5.73 Å². The van der Waals surface area contributed by atoms with Crippen molar-refractivity contribution in [2.45, 2.75) is 32.2 Å². The largest absolute Gasteiger partial charge is 0.380 e. The van der Waals surface area contributed by atoms with Crippen LogP contribution in [0, 0.1) is 5.92 Å². The van der Waals surface area contributed by atoms with Gasteiger partial charge in [0.1, 0.15) is 0 Å². The van der Waals surface area contributed by atoms with Gasteiger partial charge < -0.3 is 15.4 Å². The molecule has 0 aromatic carbocycles. The summed E-state index contributed by atoms with van der Waals surface area (Å²) >= 11 is 0. The highest BCUT2D eigenvalue weighted by molar-refractivity contribution is 5.86. The highest BCUT2D eigenvalue weighted by atomic mass is 16.5. The molecule has 1 saturated carbocycles. The summed E-state index contributed by atoms with van der Waals surface area (Å²) in [4.78, 5) is 13.7. The summed E-state index contributed by atoms with van der Waals surface area (Å²) in [6, 6.07) is 0. The fourth-order valence-corrected chi connectivity index (χ4v) is 1.72. The van der Waals surface area contributed by atoms with Gasteiger partial charge in [0.2, 0.25) is 5.91 Å². The summed E-state index contributed by atoms with van der Waals surface area (Å²) in [6.45, 7) is 5.67. The number of rotatable bonds is 6. The van der Waals surface area contributed by atoms with Crippen LogP contribution in [0.1, 0.15) is 26.7 Å². The molecule has 0 radical (unpaired) electrons. The first-order valence-electron chi connectivity index (χ1n) is 5.62. The standard InChI is InChI=1S/C11H22N2O2/c1-4-15-8-7-13(3)10(14)11(2,12)9-5-6-9/h9H,4-8,12H2,1-3H3. The first-order chi connectivity index (χ1) is 7.00. The molecule has 0 bridgehead atoms. The van der Waals surface area contributed by atoms with E-state index in [1.54, 1.807) is 11.9 Å². The summed E-state index contributed by atoms with van der Waals surface area (Å²) in [5.41, 5.74) is 5.36. The van der Waals surface area contributed by atoms with Gasteiger partial charge in [-0.05, 0) is 32.6 Å². The van der Waals surface area contributed by atoms with Gasteiger partial charge in [-0.25, -0.2) is 0 Å². The summed E-state index contributed by atoms with van der Waals surface area (Å²) < 4.78 is 5.21. The number of carbonyl (C=O) groups is 1. The van der Waals surface area contributed by atoms with Crippen LogP contribution in [0.5, 0.6) is 0 Å². The maximum Gasteiger partial charge on any atom is 0.242 e. The van der Waals surface area contributed by atoms with Crippen molar-refractivity contribution in [3.05, 3.63) is 0 Å². The summed E-state index contributed by atoms with van der Waals surface area (Å²) in [6.07, 6.45) is 2.16. The molecule has 0 saturated heterocycles. The average Bonchev–Trinajstić information content (AvgIpc) is 3.00. The number of nitrogens with zero attached hydrogens (tertiary/aromatic N) is 1. The molecule has 15 heavy (non-hydrogen) atoms. The van der Waals surface area contributed by atoms with Crippen molar-refractivity contribution in [3.63, 3.8) is 0 Å². The quantitative estimate of drug-likeness (QED) is 0.659. The number of likely N-dealkylation sites (N-methyl/N-ethyl adjacent to an activating group) is 1. The average molecular weight is 214 g/mol. The van der Waals surface area contributed by atoms with Crippen LogP contribution in [-0.2, 0) is 9.53 Å². The van der Waals surface area contributed by atoms with Gasteiger partial charge in [0, 0.05) is 20.2 Å². The molecular formula is C11H22N2O2. The number of hydrogen-bond donors (Lipinski definition) is 1. The second-order valence-corrected chi connectivity index (χ2v) is 4.48. The van der Waals surface area contributed by atoms with E-state index in [0.29, 0.717) is 25.7 Å². The van der Waals surface area contributed by atoms with Crippen LogP contribution in [0.15, 0.2) is 0 Å². The van der Waals surface area contributed by atoms with Crippen molar-refractivity contribution in [2.24, 2.45) is 11.7 Å². The molecule has 1 aliphatic carbocycles. The first kappa shape index (κ1) is 12.5. The second kappa shape index (κ2) is 4.94. The van der Waals surface area contributed by atoms with Gasteiger partial charge >= 0.3 is 0 Å². The Balaban J connectivity index is 2.37. The molecule has 1 aliphatic rings. The van der Waals surface area contributed by atoms with Gasteiger partial charge in [0.15, 0.2) is 0 Å². The van der Waals surface area contributed by atoms with E-state index in [1.807, 2.05) is 13.8 Å². The molecule has 0 aromatic heterocycles. The molecule has 88 valence electrons. The molecule has 4 heteroatoms. The van der Waals surface area contributed by atoms with Gasteiger partial charge in [-0.1, -0.05) is 0 Å². The number of hydrogen-bond acceptors (Lipinski definition) is 3. The van der Waals surface area contributed by atoms with Gasteiger partial charge in [-0.3, -0.25) is 4.79 Å². The van der Waals surface area contributed by atoms with Crippen LogP contribution in [0.4, 0.5) is 0 Å². The van der Waals surface area contributed by atoms with Gasteiger partial charge in [0.05, 0.1) is 12.1 Å². The SMILES string of the molecule is CCOCCN(C)C(=O)C(C)(N)C1CC1. The van der Waals surface area contributed by atoms with E-state index < -0.39 is 5.54 Å². The van der Waals surface area contributed by atoms with E-state index in [4.69, 9.17) is 10.5 Å². The minimum Gasteiger partial charge on any atom is -0.380 e. The maximum absolute atomic E-state index is 12.0. The molecule has 0 heterocycles. The topological polar surface area (TPSA) is 55.6 Å². The molecule has 1 unspecified atom stereocenters. The van der Waals surface area contributed by atoms with Crippen molar-refractivity contribution in [1.29, 1.82) is 0 Å². The third-order valence-corrected chi connectivity index (χ3v) is 3.01. The number of amides is 1. The fourth-order valence-electron chi connectivity index (χ4n) is 1.72. The molecule has 1 amide bonds. The highest BCUT2D eigenvalue weighted by Gasteiger charge is 2.45. The van der Waals surface area contributed by atoms with Crippen molar-refractivity contribution < 1.29 is 9.53 Å². The normalized spacial score (nSPS) is 19.7. The van der Waals surface area contributed by atoms with Crippen molar-refractivity contribution in [3.8, 4) is 0 Å². The third kappa shape index (κ3) is 3.18. The molecule has 1 atom stereocenters. The lowest BCUT2D eigenvalue weighted by Crippen LogP contribution is -2.54. The van der Waals surface area contributed by atoms with Crippen LogP contribution in [0.25, 0.3) is 0 Å². The zero-order valence-electron chi connectivity index (χ0n) is 9.95. The van der Waals surface area contributed by atoms with E-state index in [0.717, 1.165) is 12.8 Å². The Bertz CT molecular complexity index is 225. The second-order valence-electron chi connectivity index (χ2n) is 4.48. The Morgan fingerprint density at radius 2 is 2.20 bits per heavy atom. The van der Waals surface area contributed by atoms with Gasteiger partial charge in [0.25, 0.3) is 0 Å². The number of nitrogens with two attached hydrogens (primary N) is 1. The van der Waals surface area contributed by atoms with Crippen molar-refractivity contribution in [1.82, 2.24) is 4.90 Å². The van der Waals surface area contributed by atoms with E-state index in [-0.39, 0.29) is 5.91 Å². The molecule has 0 aromatic rings. The lowest BCUT2D eigenvalue weighted by atomic mass is 9.95. The Morgan fingerprint density at radius 1 is 1.60 bits per heavy atom. The third-order valence-electron chi connectivity index (χ3n) is 3.01. The highest BCUT2D eigenvalue weighted by Crippen LogP contribution is 2.38. The Labute approximate surface area is 91.8 Å². The molecule has 1 rings (SSSR count). The lowest BCUT2D eigenvalue weighted by molar-refractivity contribution is -0.136. The molecule has 1 fully saturated rings. The van der Waals surface area contributed by atoms with E-state index in [2.05, 4.69) is 0 Å². The number of carbonyl (C=O) groups excluding carboxylic acids is 1. The summed E-state index contributed by atoms with van der Waals surface area (Å²) in [5, 5.41) is 0. The fraction of sp³-hybridized carbons (Fsp3) is 0.909. The first-order valence-corrected chi connectivity index (χ1v) is 5.62. The monoisotopic (exact) mass is 214 g/mol. The van der Waals surface area contributed by atoms with Crippen LogP contribution in [-0.4, -0.2) is 43.2 Å². The molecule has 2 N–H and O–H groups in total. The molecule has 0 spiro atoms. The number of ether oxygens (including phenoxy) is 1. The van der Waals surface area contributed by atoms with Crippen LogP contribution in [0.2, 0.25) is 0 Å². The minimum absolute atomic E-state index is 0.0321. The zero-order chi connectivity index (χ0) is 11.5. The molecular weight excluding hydrogens is 192 g/mol. The van der Waals surface area contributed by atoms with E-state index in [9.17, 15) is 4.79 Å². The Kier molecular flexibility index (Phi) is 4.11. The van der Waals surface area contributed by atoms with Crippen molar-refractivity contribution >= 4 is 5.91 Å². The molecule has 4 nitrogen and oxygen atoms in total. The zero-order valence-corrected chi connectivity index (χ0v) is 9.95. The van der Waals surface area contributed by atoms with Crippen LogP contribution in [0.3, 0.4) is 0 Å². The predicted molar refractivity (Wildman–Crippen MR) is 59.4 cm³/mol. The summed E-state index contributed by atoms with van der Waals surface area (Å²) in [5.74, 6) is 0.407. The maximum atomic E-state index is 12.0. The lowest BCUT2D eigenvalue weighted by Gasteiger charge is -2.29. The minimum atomic E-state index is -0.680. The summed E-state index contributed by atoms with van der Waals surface area (Å²) in [7, 11) is 1.79. The van der Waals surface area contributed by atoms with Gasteiger partial charge in [-0.2, -0.15) is 0 Å². The van der Waals surface area contributed by atoms with Gasteiger partial charge in [-0.15, -0.1) is 0 Å². The Hall–Kier alpha value is -0.610. The smallest absolute Gasteiger partial charge is 0.242 e.